The summed E-state index contributed by atoms with van der Waals surface area (Å²) >= 11 is 0. The van der Waals surface area contributed by atoms with E-state index >= 15 is 0 Å². The normalized spacial score (nSPS) is 11.2. The minimum absolute atomic E-state index is 0. The second-order valence-electron chi connectivity index (χ2n) is 11.8. The first kappa shape index (κ1) is 41.2. The number of hydrogen-bond donors (Lipinski definition) is 0. The van der Waals surface area contributed by atoms with Crippen molar-refractivity contribution in [2.75, 3.05) is 19.6 Å². The van der Waals surface area contributed by atoms with Gasteiger partial charge in [-0.1, -0.05) is 181 Å². The molecule has 0 fully saturated rings. The van der Waals surface area contributed by atoms with Crippen LogP contribution in [0.2, 0.25) is 0 Å². The number of nitrogens with zero attached hydrogens (tertiary/aromatic N) is 1. The summed E-state index contributed by atoms with van der Waals surface area (Å²) in [6, 6.07) is 0. The van der Waals surface area contributed by atoms with E-state index in [9.17, 15) is 9.90 Å². The van der Waals surface area contributed by atoms with Crippen LogP contribution in [0.15, 0.2) is 0 Å². The van der Waals surface area contributed by atoms with Crippen LogP contribution in [-0.2, 0) is 4.79 Å². The van der Waals surface area contributed by atoms with E-state index in [4.69, 9.17) is 0 Å². The van der Waals surface area contributed by atoms with Crippen molar-refractivity contribution in [2.45, 2.75) is 194 Å². The Bertz CT molecular complexity index is 414. The maximum absolute atomic E-state index is 11.2. The zero-order valence-corrected chi connectivity index (χ0v) is 29.8. The Kier molecular flexibility index (Phi) is 39.1. The molecule has 0 radical (unpaired) electrons. The second-order valence-corrected chi connectivity index (χ2v) is 11.8. The summed E-state index contributed by atoms with van der Waals surface area (Å²) in [5, 5.41) is 11.2. The molecular formula is C34H68KNO2. The number of aliphatic carboxylic acids is 1. The van der Waals surface area contributed by atoms with Crippen LogP contribution in [0, 0.1) is 0 Å². The number of rotatable bonds is 32. The summed E-state index contributed by atoms with van der Waals surface area (Å²) in [4.78, 5) is 13.3. The van der Waals surface area contributed by atoms with E-state index in [2.05, 4.69) is 18.7 Å². The van der Waals surface area contributed by atoms with Gasteiger partial charge < -0.3 is 9.90 Å². The predicted octanol–water partition coefficient (Wildman–Crippen LogP) is 7.00. The van der Waals surface area contributed by atoms with Crippen molar-refractivity contribution in [1.29, 1.82) is 0 Å². The van der Waals surface area contributed by atoms with Crippen LogP contribution in [0.5, 0.6) is 0 Å². The molecule has 38 heavy (non-hydrogen) atoms. The monoisotopic (exact) mass is 561 g/mol. The number of carboxylic acids is 1. The van der Waals surface area contributed by atoms with Gasteiger partial charge in [-0.3, -0.25) is 4.90 Å². The molecule has 0 aliphatic carbocycles. The van der Waals surface area contributed by atoms with Crippen molar-refractivity contribution in [3.05, 3.63) is 0 Å². The summed E-state index contributed by atoms with van der Waals surface area (Å²) in [7, 11) is 0. The van der Waals surface area contributed by atoms with Gasteiger partial charge in [0, 0.05) is 6.54 Å². The van der Waals surface area contributed by atoms with Gasteiger partial charge in [0.2, 0.25) is 0 Å². The third-order valence-corrected chi connectivity index (χ3v) is 8.01. The molecule has 0 aliphatic heterocycles. The van der Waals surface area contributed by atoms with Gasteiger partial charge in [0.1, 0.15) is 0 Å². The van der Waals surface area contributed by atoms with Crippen molar-refractivity contribution in [3.8, 4) is 0 Å². The SMILES string of the molecule is CCCCCCCCCCCCCCCCN(CCCCCCCCCCCCCCCC)CC(=O)[O-].[K+]. The van der Waals surface area contributed by atoms with E-state index in [0.29, 0.717) is 0 Å². The van der Waals surface area contributed by atoms with Crippen LogP contribution in [0.4, 0.5) is 0 Å². The van der Waals surface area contributed by atoms with Gasteiger partial charge in [-0.25, -0.2) is 0 Å². The van der Waals surface area contributed by atoms with Crippen molar-refractivity contribution in [1.82, 2.24) is 4.90 Å². The molecule has 0 spiro atoms. The average molecular weight is 562 g/mol. The number of carbonyl (C=O) groups is 1. The summed E-state index contributed by atoms with van der Waals surface area (Å²) in [5.41, 5.74) is 0. The molecule has 0 aromatic carbocycles. The number of carboxylic acid groups (broad SMARTS) is 1. The zero-order chi connectivity index (χ0) is 27.1. The number of carbonyl (C=O) groups excluding carboxylic acids is 1. The van der Waals surface area contributed by atoms with E-state index < -0.39 is 5.97 Å². The van der Waals surface area contributed by atoms with E-state index in [0.717, 1.165) is 25.9 Å². The molecule has 3 nitrogen and oxygen atoms in total. The Hall–Kier alpha value is 1.07. The van der Waals surface area contributed by atoms with Crippen LogP contribution >= 0.6 is 0 Å². The molecule has 0 atom stereocenters. The molecule has 0 saturated heterocycles. The van der Waals surface area contributed by atoms with Crippen molar-refractivity contribution in [2.24, 2.45) is 0 Å². The van der Waals surface area contributed by atoms with E-state index in [1.807, 2.05) is 0 Å². The summed E-state index contributed by atoms with van der Waals surface area (Å²) in [6.07, 6.45) is 38.1. The first-order valence-corrected chi connectivity index (χ1v) is 17.1. The van der Waals surface area contributed by atoms with Gasteiger partial charge in [0.25, 0.3) is 0 Å². The molecular weight excluding hydrogens is 493 g/mol. The Morgan fingerprint density at radius 3 is 0.842 bits per heavy atom. The predicted molar refractivity (Wildman–Crippen MR) is 162 cm³/mol. The fraction of sp³-hybridized carbons (Fsp3) is 0.971. The quantitative estimate of drug-likeness (QED) is 0.0656. The first-order valence-electron chi connectivity index (χ1n) is 17.1. The number of unbranched alkanes of at least 4 members (excludes halogenated alkanes) is 26. The largest absolute Gasteiger partial charge is 1.00 e. The fourth-order valence-corrected chi connectivity index (χ4v) is 5.51. The fourth-order valence-electron chi connectivity index (χ4n) is 5.51. The van der Waals surface area contributed by atoms with Crippen LogP contribution in [0.3, 0.4) is 0 Å². The van der Waals surface area contributed by atoms with Gasteiger partial charge in [0.05, 0.1) is 5.97 Å². The molecule has 0 aromatic rings. The maximum atomic E-state index is 11.2. The molecule has 4 heteroatoms. The van der Waals surface area contributed by atoms with Crippen LogP contribution in [0.25, 0.3) is 0 Å². The molecule has 0 rings (SSSR count). The van der Waals surface area contributed by atoms with E-state index in [1.165, 1.54) is 167 Å². The zero-order valence-electron chi connectivity index (χ0n) is 26.7. The van der Waals surface area contributed by atoms with Crippen LogP contribution in [-0.4, -0.2) is 30.5 Å². The Morgan fingerprint density at radius 2 is 0.632 bits per heavy atom. The van der Waals surface area contributed by atoms with Crippen molar-refractivity contribution < 1.29 is 61.3 Å². The van der Waals surface area contributed by atoms with Gasteiger partial charge in [0.15, 0.2) is 0 Å². The van der Waals surface area contributed by atoms with Gasteiger partial charge in [-0.05, 0) is 25.9 Å². The third kappa shape index (κ3) is 35.1. The average Bonchev–Trinajstić information content (AvgIpc) is 2.88. The van der Waals surface area contributed by atoms with Gasteiger partial charge in [-0.15, -0.1) is 0 Å². The smallest absolute Gasteiger partial charge is 0.549 e. The maximum Gasteiger partial charge on any atom is 1.00 e. The Labute approximate surface area is 282 Å². The summed E-state index contributed by atoms with van der Waals surface area (Å²) in [5.74, 6) is -0.921. The molecule has 0 saturated carbocycles. The number of hydrogen-bond acceptors (Lipinski definition) is 3. The molecule has 0 bridgehead atoms. The molecule has 0 aromatic heterocycles. The molecule has 0 heterocycles. The Morgan fingerprint density at radius 1 is 0.421 bits per heavy atom. The molecule has 222 valence electrons. The Balaban J connectivity index is 0. The topological polar surface area (TPSA) is 43.4 Å². The minimum atomic E-state index is -0.921. The molecule has 0 N–H and O–H groups in total. The third-order valence-electron chi connectivity index (χ3n) is 8.01. The summed E-state index contributed by atoms with van der Waals surface area (Å²) in [6.45, 7) is 6.52. The van der Waals surface area contributed by atoms with Crippen molar-refractivity contribution in [3.63, 3.8) is 0 Å². The van der Waals surface area contributed by atoms with Gasteiger partial charge >= 0.3 is 51.4 Å². The standard InChI is InChI=1S/C34H69NO2.K/c1-3-5-7-9-11-13-15-17-19-21-23-25-27-29-31-35(33-34(36)37)32-30-28-26-24-22-20-18-16-14-12-10-8-6-4-2;/h3-33H2,1-2H3,(H,36,37);/q;+1/p-1. The van der Waals surface area contributed by atoms with Crippen LogP contribution in [0.1, 0.15) is 194 Å². The van der Waals surface area contributed by atoms with Crippen LogP contribution < -0.4 is 56.5 Å². The van der Waals surface area contributed by atoms with Gasteiger partial charge in [-0.2, -0.15) is 0 Å². The molecule has 0 amide bonds. The van der Waals surface area contributed by atoms with E-state index in [-0.39, 0.29) is 57.9 Å². The van der Waals surface area contributed by atoms with E-state index in [1.54, 1.807) is 0 Å². The molecule has 0 unspecified atom stereocenters. The second kappa shape index (κ2) is 36.1. The summed E-state index contributed by atoms with van der Waals surface area (Å²) < 4.78 is 0. The minimum Gasteiger partial charge on any atom is -0.549 e. The van der Waals surface area contributed by atoms with Crippen molar-refractivity contribution >= 4 is 5.97 Å². The molecule has 0 aliphatic rings. The first-order chi connectivity index (χ1) is 18.2.